The van der Waals surface area contributed by atoms with Gasteiger partial charge in [-0.15, -0.1) is 0 Å². The van der Waals surface area contributed by atoms with E-state index in [1.807, 2.05) is 18.2 Å². The molecule has 1 amide bonds. The van der Waals surface area contributed by atoms with Crippen molar-refractivity contribution in [3.05, 3.63) is 67.6 Å². The van der Waals surface area contributed by atoms with Gasteiger partial charge >= 0.3 is 5.97 Å². The highest BCUT2D eigenvalue weighted by Crippen LogP contribution is 2.22. The number of nitrogens with zero attached hydrogens (tertiary/aromatic N) is 1. The molecule has 0 saturated carbocycles. The van der Waals surface area contributed by atoms with E-state index in [-0.39, 0.29) is 18.0 Å². The molecular weight excluding hydrogens is 394 g/mol. The quantitative estimate of drug-likeness (QED) is 0.675. The van der Waals surface area contributed by atoms with E-state index in [1.54, 1.807) is 32.9 Å². The molecule has 29 heavy (non-hydrogen) atoms. The monoisotopic (exact) mass is 415 g/mol. The molecule has 0 fully saturated rings. The fraction of sp³-hybridized carbons (Fsp3) is 0.333. The Morgan fingerprint density at radius 2 is 2.00 bits per heavy atom. The largest absolute Gasteiger partial charge is 0.456 e. The summed E-state index contributed by atoms with van der Waals surface area (Å²) in [5, 5.41) is 12.4. The Labute approximate surface area is 173 Å². The van der Waals surface area contributed by atoms with Gasteiger partial charge in [-0.3, -0.25) is 14.4 Å². The minimum Gasteiger partial charge on any atom is -0.456 e. The first kappa shape index (κ1) is 22.2. The van der Waals surface area contributed by atoms with Gasteiger partial charge in [0.05, 0.1) is 6.04 Å². The van der Waals surface area contributed by atoms with Crippen molar-refractivity contribution in [1.29, 1.82) is 5.26 Å². The van der Waals surface area contributed by atoms with Crippen molar-refractivity contribution in [2.24, 2.45) is 0 Å². The first-order chi connectivity index (χ1) is 13.7. The summed E-state index contributed by atoms with van der Waals surface area (Å²) in [5.74, 6) is -0.983. The van der Waals surface area contributed by atoms with Crippen LogP contribution in [-0.2, 0) is 20.7 Å². The molecule has 8 heteroatoms. The van der Waals surface area contributed by atoms with Gasteiger partial charge in [-0.25, -0.2) is 0 Å². The number of aromatic nitrogens is 1. The zero-order valence-corrected chi connectivity index (χ0v) is 17.2. The molecule has 0 spiro atoms. The summed E-state index contributed by atoms with van der Waals surface area (Å²) in [5.41, 5.74) is 2.23. The molecule has 0 aliphatic rings. The van der Waals surface area contributed by atoms with E-state index >= 15 is 0 Å². The van der Waals surface area contributed by atoms with Gasteiger partial charge in [0.25, 0.3) is 11.5 Å². The number of nitrogens with one attached hydrogen (secondary N) is 2. The lowest BCUT2D eigenvalue weighted by Crippen LogP contribution is -2.31. The fourth-order valence-corrected chi connectivity index (χ4v) is 3.35. The minimum atomic E-state index is -0.547. The summed E-state index contributed by atoms with van der Waals surface area (Å²) in [6, 6.07) is 8.71. The van der Waals surface area contributed by atoms with Crippen LogP contribution < -0.4 is 10.9 Å². The Bertz CT molecular complexity index is 1020. The van der Waals surface area contributed by atoms with Crippen LogP contribution >= 0.6 is 11.6 Å². The van der Waals surface area contributed by atoms with Crippen molar-refractivity contribution in [2.75, 3.05) is 6.61 Å². The molecule has 0 saturated heterocycles. The van der Waals surface area contributed by atoms with E-state index in [0.29, 0.717) is 22.7 Å². The molecule has 7 nitrogen and oxygen atoms in total. The number of H-pyrrole nitrogens is 1. The molecule has 0 aliphatic carbocycles. The second-order valence-electron chi connectivity index (χ2n) is 6.64. The molecule has 152 valence electrons. The summed E-state index contributed by atoms with van der Waals surface area (Å²) >= 11 is 6.11. The molecule has 0 unspecified atom stereocenters. The second kappa shape index (κ2) is 9.89. The zero-order chi connectivity index (χ0) is 21.6. The predicted molar refractivity (Wildman–Crippen MR) is 109 cm³/mol. The van der Waals surface area contributed by atoms with Crippen molar-refractivity contribution in [1.82, 2.24) is 10.3 Å². The lowest BCUT2D eigenvalue weighted by Gasteiger charge is -2.15. The van der Waals surface area contributed by atoms with E-state index in [4.69, 9.17) is 21.6 Å². The number of amides is 1. The summed E-state index contributed by atoms with van der Waals surface area (Å²) in [7, 11) is 0. The highest BCUT2D eigenvalue weighted by atomic mass is 35.5. The average molecular weight is 416 g/mol. The van der Waals surface area contributed by atoms with Crippen molar-refractivity contribution < 1.29 is 14.3 Å². The first-order valence-corrected chi connectivity index (χ1v) is 9.44. The van der Waals surface area contributed by atoms with Crippen molar-refractivity contribution in [3.8, 4) is 6.07 Å². The second-order valence-corrected chi connectivity index (χ2v) is 7.05. The Kier molecular flexibility index (Phi) is 7.57. The van der Waals surface area contributed by atoms with Gasteiger partial charge in [0, 0.05) is 17.1 Å². The molecule has 0 radical (unpaired) electrons. The number of carbonyl (C=O) groups excluding carboxylic acids is 2. The topological polar surface area (TPSA) is 112 Å². The van der Waals surface area contributed by atoms with Gasteiger partial charge in [-0.2, -0.15) is 5.26 Å². The summed E-state index contributed by atoms with van der Waals surface area (Å²) in [4.78, 5) is 38.4. The Hall–Kier alpha value is -3.11. The van der Waals surface area contributed by atoms with E-state index in [2.05, 4.69) is 10.3 Å². The van der Waals surface area contributed by atoms with Crippen molar-refractivity contribution in [3.63, 3.8) is 0 Å². The number of carbonyl (C=O) groups is 2. The summed E-state index contributed by atoms with van der Waals surface area (Å²) in [6.07, 6.45) is 0.311. The molecular formula is C21H22ClN3O4. The van der Waals surface area contributed by atoms with Crippen LogP contribution in [0.5, 0.6) is 0 Å². The standard InChI is InChI=1S/C21H22ClN3O4/c1-12-15(13(2)25-21(28)17(12)10-23)8-9-20(27)29-11-19(26)24-14(3)16-6-4-5-7-18(16)22/h4-7,14H,8-9,11H2,1-3H3,(H,24,26)(H,25,28)/t14-/m0/s1. The fourth-order valence-electron chi connectivity index (χ4n) is 3.05. The SMILES string of the molecule is Cc1[nH]c(=O)c(C#N)c(C)c1CCC(=O)OCC(=O)N[C@@H](C)c1ccccc1Cl. The average Bonchev–Trinajstić information content (AvgIpc) is 2.66. The molecule has 1 aromatic carbocycles. The van der Waals surface area contributed by atoms with Crippen LogP contribution in [0.15, 0.2) is 29.1 Å². The molecule has 0 bridgehead atoms. The molecule has 1 atom stereocenters. The number of benzene rings is 1. The normalized spacial score (nSPS) is 11.4. The minimum absolute atomic E-state index is 0.0198. The van der Waals surface area contributed by atoms with Crippen LogP contribution in [0.1, 0.15) is 47.3 Å². The number of pyridine rings is 1. The smallest absolute Gasteiger partial charge is 0.306 e. The number of nitriles is 1. The van der Waals surface area contributed by atoms with E-state index in [0.717, 1.165) is 11.1 Å². The van der Waals surface area contributed by atoms with Gasteiger partial charge in [-0.1, -0.05) is 29.8 Å². The zero-order valence-electron chi connectivity index (χ0n) is 16.5. The molecule has 1 aromatic heterocycles. The van der Waals surface area contributed by atoms with Crippen LogP contribution in [-0.4, -0.2) is 23.5 Å². The van der Waals surface area contributed by atoms with Gasteiger partial charge in [0.15, 0.2) is 6.61 Å². The number of hydrogen-bond acceptors (Lipinski definition) is 5. The van der Waals surface area contributed by atoms with E-state index in [1.165, 1.54) is 0 Å². The third kappa shape index (κ3) is 5.69. The number of hydrogen-bond donors (Lipinski definition) is 2. The highest BCUT2D eigenvalue weighted by molar-refractivity contribution is 6.31. The van der Waals surface area contributed by atoms with Crippen LogP contribution in [0, 0.1) is 25.2 Å². The summed E-state index contributed by atoms with van der Waals surface area (Å²) in [6.45, 7) is 4.76. The third-order valence-corrected chi connectivity index (χ3v) is 4.96. The van der Waals surface area contributed by atoms with Crippen LogP contribution in [0.4, 0.5) is 0 Å². The van der Waals surface area contributed by atoms with Crippen molar-refractivity contribution in [2.45, 2.75) is 39.7 Å². The summed E-state index contributed by atoms with van der Waals surface area (Å²) < 4.78 is 5.03. The molecule has 2 rings (SSSR count). The predicted octanol–water partition coefficient (Wildman–Crippen LogP) is 2.87. The maximum absolute atomic E-state index is 12.0. The van der Waals surface area contributed by atoms with Crippen molar-refractivity contribution >= 4 is 23.5 Å². The molecule has 1 heterocycles. The van der Waals surface area contributed by atoms with Gasteiger partial charge < -0.3 is 15.0 Å². The number of esters is 1. The number of rotatable bonds is 7. The lowest BCUT2D eigenvalue weighted by atomic mass is 9.99. The Morgan fingerprint density at radius 1 is 1.31 bits per heavy atom. The Morgan fingerprint density at radius 3 is 2.66 bits per heavy atom. The van der Waals surface area contributed by atoms with Gasteiger partial charge in [-0.05, 0) is 49.9 Å². The molecule has 0 aliphatic heterocycles. The maximum atomic E-state index is 12.0. The number of aromatic amines is 1. The van der Waals surface area contributed by atoms with Crippen LogP contribution in [0.2, 0.25) is 5.02 Å². The highest BCUT2D eigenvalue weighted by Gasteiger charge is 2.16. The lowest BCUT2D eigenvalue weighted by molar-refractivity contribution is -0.148. The van der Waals surface area contributed by atoms with E-state index < -0.39 is 24.0 Å². The maximum Gasteiger partial charge on any atom is 0.306 e. The number of halogens is 1. The van der Waals surface area contributed by atoms with Crippen LogP contribution in [0.3, 0.4) is 0 Å². The molecule has 2 aromatic rings. The number of ether oxygens (including phenoxy) is 1. The van der Waals surface area contributed by atoms with Crippen LogP contribution in [0.25, 0.3) is 0 Å². The van der Waals surface area contributed by atoms with Gasteiger partial charge in [0.1, 0.15) is 11.6 Å². The molecule has 2 N–H and O–H groups in total. The number of aryl methyl sites for hydroxylation is 1. The van der Waals surface area contributed by atoms with Gasteiger partial charge in [0.2, 0.25) is 0 Å². The Balaban J connectivity index is 1.88. The first-order valence-electron chi connectivity index (χ1n) is 9.06. The third-order valence-electron chi connectivity index (χ3n) is 4.61. The van der Waals surface area contributed by atoms with E-state index in [9.17, 15) is 14.4 Å².